The summed E-state index contributed by atoms with van der Waals surface area (Å²) in [6.07, 6.45) is 3.81. The van der Waals surface area contributed by atoms with Gasteiger partial charge in [-0.3, -0.25) is 14.4 Å². The molecule has 0 aromatic rings. The number of hydrogen-bond donors (Lipinski definition) is 0. The van der Waals surface area contributed by atoms with Gasteiger partial charge < -0.3 is 14.3 Å². The highest BCUT2D eigenvalue weighted by atomic mass is 16.6. The van der Waals surface area contributed by atoms with Crippen LogP contribution >= 0.6 is 0 Å². The molecule has 4 aliphatic rings. The van der Waals surface area contributed by atoms with Crippen LogP contribution < -0.4 is 0 Å². The van der Waals surface area contributed by atoms with E-state index in [0.717, 1.165) is 19.1 Å². The summed E-state index contributed by atoms with van der Waals surface area (Å²) in [6, 6.07) is 0. The standard InChI is InChI=1S/C22H30O6/c1-12-14-5-6-15-21(9-14,18(12)25)19(26)27-11-22(15)16(10-23)20(3,4)8-7-17(22)28-13(2)24/h10,12,14-17H,5-9,11H2,1-4H3. The van der Waals surface area contributed by atoms with E-state index >= 15 is 0 Å². The molecule has 154 valence electrons. The number of hydrogen-bond acceptors (Lipinski definition) is 6. The number of Topliss-reactive ketones (excluding diaryl/α,β-unsaturated/α-hetero) is 1. The van der Waals surface area contributed by atoms with Gasteiger partial charge >= 0.3 is 11.9 Å². The summed E-state index contributed by atoms with van der Waals surface area (Å²) in [4.78, 5) is 50.7. The number of ketones is 1. The second-order valence-electron chi connectivity index (χ2n) is 10.1. The number of ether oxygens (including phenoxy) is 2. The molecule has 2 bridgehead atoms. The number of carbonyl (C=O) groups is 4. The maximum Gasteiger partial charge on any atom is 0.319 e. The first-order valence-corrected chi connectivity index (χ1v) is 10.5. The number of fused-ring (bicyclic) bond motifs is 2. The minimum absolute atomic E-state index is 0.0371. The van der Waals surface area contributed by atoms with Gasteiger partial charge in [-0.15, -0.1) is 0 Å². The Hall–Kier alpha value is -1.72. The topological polar surface area (TPSA) is 86.7 Å². The van der Waals surface area contributed by atoms with Crippen molar-refractivity contribution in [2.45, 2.75) is 65.9 Å². The lowest BCUT2D eigenvalue weighted by Crippen LogP contribution is -2.68. The van der Waals surface area contributed by atoms with Crippen LogP contribution in [-0.2, 0) is 28.7 Å². The molecule has 2 spiro atoms. The van der Waals surface area contributed by atoms with E-state index in [2.05, 4.69) is 0 Å². The highest BCUT2D eigenvalue weighted by Crippen LogP contribution is 2.68. The van der Waals surface area contributed by atoms with Gasteiger partial charge in [0.2, 0.25) is 0 Å². The van der Waals surface area contributed by atoms with Crippen LogP contribution in [0.5, 0.6) is 0 Å². The summed E-state index contributed by atoms with van der Waals surface area (Å²) in [6.45, 7) is 7.41. The van der Waals surface area contributed by atoms with Crippen molar-refractivity contribution in [3.05, 3.63) is 0 Å². The molecule has 0 N–H and O–H groups in total. The third kappa shape index (κ3) is 2.26. The molecule has 6 heteroatoms. The fraction of sp³-hybridized carbons (Fsp3) is 0.818. The van der Waals surface area contributed by atoms with E-state index in [1.54, 1.807) is 0 Å². The average Bonchev–Trinajstić information content (AvgIpc) is 2.82. The highest BCUT2D eigenvalue weighted by Gasteiger charge is 2.74. The zero-order valence-corrected chi connectivity index (χ0v) is 17.2. The van der Waals surface area contributed by atoms with Gasteiger partial charge in [0.1, 0.15) is 24.4 Å². The molecular weight excluding hydrogens is 360 g/mol. The molecule has 1 heterocycles. The van der Waals surface area contributed by atoms with E-state index in [9.17, 15) is 19.2 Å². The van der Waals surface area contributed by atoms with E-state index < -0.39 is 34.8 Å². The predicted octanol–water partition coefficient (Wildman–Crippen LogP) is 2.72. The molecule has 3 saturated carbocycles. The molecule has 0 aromatic carbocycles. The predicted molar refractivity (Wildman–Crippen MR) is 99.0 cm³/mol. The molecule has 7 unspecified atom stereocenters. The van der Waals surface area contributed by atoms with E-state index in [1.165, 1.54) is 6.92 Å². The fourth-order valence-corrected chi connectivity index (χ4v) is 7.24. The monoisotopic (exact) mass is 390 g/mol. The molecule has 0 aromatic heterocycles. The van der Waals surface area contributed by atoms with Crippen LogP contribution in [0.4, 0.5) is 0 Å². The van der Waals surface area contributed by atoms with Crippen molar-refractivity contribution in [2.24, 2.45) is 39.9 Å². The Balaban J connectivity index is 1.90. The normalized spacial score (nSPS) is 46.6. The van der Waals surface area contributed by atoms with Gasteiger partial charge in [-0.2, -0.15) is 0 Å². The molecule has 1 saturated heterocycles. The van der Waals surface area contributed by atoms with E-state index in [0.29, 0.717) is 19.3 Å². The van der Waals surface area contributed by atoms with Crippen LogP contribution in [0.25, 0.3) is 0 Å². The summed E-state index contributed by atoms with van der Waals surface area (Å²) in [5.74, 6) is -1.64. The van der Waals surface area contributed by atoms with Gasteiger partial charge in [0.05, 0.1) is 5.41 Å². The largest absolute Gasteiger partial charge is 0.464 e. The molecule has 28 heavy (non-hydrogen) atoms. The van der Waals surface area contributed by atoms with Gasteiger partial charge in [-0.05, 0) is 49.4 Å². The van der Waals surface area contributed by atoms with E-state index in [1.807, 2.05) is 20.8 Å². The van der Waals surface area contributed by atoms with Crippen molar-refractivity contribution in [2.75, 3.05) is 6.61 Å². The number of cyclic esters (lactones) is 1. The minimum Gasteiger partial charge on any atom is -0.464 e. The zero-order chi connectivity index (χ0) is 20.5. The second-order valence-corrected chi connectivity index (χ2v) is 10.1. The lowest BCUT2D eigenvalue weighted by molar-refractivity contribution is -0.238. The Bertz CT molecular complexity index is 741. The number of rotatable bonds is 2. The lowest BCUT2D eigenvalue weighted by Gasteiger charge is -2.61. The first-order valence-electron chi connectivity index (χ1n) is 10.5. The fourth-order valence-electron chi connectivity index (χ4n) is 7.24. The first-order chi connectivity index (χ1) is 13.1. The second kappa shape index (κ2) is 6.14. The third-order valence-corrected chi connectivity index (χ3v) is 8.55. The quantitative estimate of drug-likeness (QED) is 0.409. The smallest absolute Gasteiger partial charge is 0.319 e. The van der Waals surface area contributed by atoms with Gasteiger partial charge in [0.25, 0.3) is 0 Å². The third-order valence-electron chi connectivity index (χ3n) is 8.55. The van der Waals surface area contributed by atoms with Crippen LogP contribution in [0.2, 0.25) is 0 Å². The SMILES string of the molecule is CC(=O)OC1CCC(C)(C)C(C=O)C12COC(=O)C13CC(CCC12)C(C)C3=O. The summed E-state index contributed by atoms with van der Waals surface area (Å²) in [7, 11) is 0. The van der Waals surface area contributed by atoms with Crippen LogP contribution in [0, 0.1) is 39.9 Å². The molecular formula is C22H30O6. The van der Waals surface area contributed by atoms with Crippen molar-refractivity contribution in [3.63, 3.8) is 0 Å². The van der Waals surface area contributed by atoms with Crippen molar-refractivity contribution in [1.82, 2.24) is 0 Å². The van der Waals surface area contributed by atoms with Crippen molar-refractivity contribution in [1.29, 1.82) is 0 Å². The summed E-state index contributed by atoms with van der Waals surface area (Å²) in [5.41, 5.74) is -2.35. The Morgan fingerprint density at radius 1 is 1.21 bits per heavy atom. The van der Waals surface area contributed by atoms with Gasteiger partial charge in [0.15, 0.2) is 5.78 Å². The van der Waals surface area contributed by atoms with Crippen LogP contribution in [0.15, 0.2) is 0 Å². The Labute approximate surface area is 165 Å². The molecule has 0 radical (unpaired) electrons. The maximum atomic E-state index is 13.4. The van der Waals surface area contributed by atoms with Crippen LogP contribution in [0.3, 0.4) is 0 Å². The van der Waals surface area contributed by atoms with Gasteiger partial charge in [-0.1, -0.05) is 20.8 Å². The Kier molecular flexibility index (Phi) is 4.29. The van der Waals surface area contributed by atoms with E-state index in [4.69, 9.17) is 9.47 Å². The zero-order valence-electron chi connectivity index (χ0n) is 17.2. The lowest BCUT2D eigenvalue weighted by atomic mass is 9.44. The minimum atomic E-state index is -1.19. The maximum absolute atomic E-state index is 13.4. The van der Waals surface area contributed by atoms with Crippen molar-refractivity contribution >= 4 is 24.0 Å². The molecule has 6 nitrogen and oxygen atoms in total. The van der Waals surface area contributed by atoms with Gasteiger partial charge in [0, 0.05) is 18.8 Å². The number of esters is 2. The Morgan fingerprint density at radius 2 is 1.93 bits per heavy atom. The first kappa shape index (κ1) is 19.6. The number of aldehydes is 1. The molecule has 4 rings (SSSR count). The molecule has 7 atom stereocenters. The van der Waals surface area contributed by atoms with Crippen molar-refractivity contribution in [3.8, 4) is 0 Å². The summed E-state index contributed by atoms with van der Waals surface area (Å²) < 4.78 is 11.5. The van der Waals surface area contributed by atoms with Crippen molar-refractivity contribution < 1.29 is 28.7 Å². The van der Waals surface area contributed by atoms with Crippen LogP contribution in [-0.4, -0.2) is 36.7 Å². The summed E-state index contributed by atoms with van der Waals surface area (Å²) in [5, 5.41) is 0. The molecule has 1 aliphatic heterocycles. The van der Waals surface area contributed by atoms with Gasteiger partial charge in [-0.25, -0.2) is 0 Å². The molecule has 3 aliphatic carbocycles. The molecule has 4 fully saturated rings. The highest BCUT2D eigenvalue weighted by molar-refractivity contribution is 6.07. The number of carbonyl (C=O) groups excluding carboxylic acids is 4. The van der Waals surface area contributed by atoms with E-state index in [-0.39, 0.29) is 35.6 Å². The Morgan fingerprint density at radius 3 is 2.57 bits per heavy atom. The summed E-state index contributed by atoms with van der Waals surface area (Å²) >= 11 is 0. The average molecular weight is 390 g/mol. The van der Waals surface area contributed by atoms with Crippen LogP contribution in [0.1, 0.15) is 59.8 Å². The molecule has 0 amide bonds.